The Kier molecular flexibility index (Phi) is 3.66. The number of rotatable bonds is 2. The molecule has 0 N–H and O–H groups in total. The molecule has 0 radical (unpaired) electrons. The molecule has 2 aromatic heterocycles. The minimum atomic E-state index is -4.62. The van der Waals surface area contributed by atoms with Crippen molar-refractivity contribution in [1.29, 1.82) is 0 Å². The van der Waals surface area contributed by atoms with Gasteiger partial charge in [-0.05, 0) is 34.1 Å². The molecule has 98 valence electrons. The third kappa shape index (κ3) is 2.81. The van der Waals surface area contributed by atoms with Crippen LogP contribution in [0.5, 0.6) is 0 Å². The van der Waals surface area contributed by atoms with E-state index in [2.05, 4.69) is 25.9 Å². The summed E-state index contributed by atoms with van der Waals surface area (Å²) < 4.78 is 38.8. The SMILES string of the molecule is O=C(c1cnccc1C(F)(F)F)c1ncccc1Br. The molecule has 0 unspecified atom stereocenters. The molecular weight excluding hydrogens is 325 g/mol. The van der Waals surface area contributed by atoms with Gasteiger partial charge in [0.15, 0.2) is 0 Å². The molecule has 0 bridgehead atoms. The molecule has 0 spiro atoms. The van der Waals surface area contributed by atoms with Crippen LogP contribution in [0.4, 0.5) is 13.2 Å². The molecule has 0 saturated carbocycles. The zero-order valence-electron chi connectivity index (χ0n) is 9.28. The largest absolute Gasteiger partial charge is 0.417 e. The van der Waals surface area contributed by atoms with Gasteiger partial charge in [-0.3, -0.25) is 14.8 Å². The van der Waals surface area contributed by atoms with E-state index >= 15 is 0 Å². The first kappa shape index (κ1) is 13.7. The van der Waals surface area contributed by atoms with Gasteiger partial charge in [0.2, 0.25) is 5.78 Å². The number of hydrogen-bond acceptors (Lipinski definition) is 3. The molecule has 19 heavy (non-hydrogen) atoms. The molecule has 0 aromatic carbocycles. The van der Waals surface area contributed by atoms with Gasteiger partial charge >= 0.3 is 6.18 Å². The third-order valence-corrected chi connectivity index (χ3v) is 2.98. The first-order valence-electron chi connectivity index (χ1n) is 5.07. The van der Waals surface area contributed by atoms with Crippen molar-refractivity contribution in [2.24, 2.45) is 0 Å². The van der Waals surface area contributed by atoms with Crippen LogP contribution in [0, 0.1) is 0 Å². The maximum Gasteiger partial charge on any atom is 0.417 e. The van der Waals surface area contributed by atoms with Gasteiger partial charge in [-0.2, -0.15) is 13.2 Å². The van der Waals surface area contributed by atoms with E-state index in [0.717, 1.165) is 18.5 Å². The van der Waals surface area contributed by atoms with Crippen LogP contribution in [0.25, 0.3) is 0 Å². The quantitative estimate of drug-likeness (QED) is 0.791. The van der Waals surface area contributed by atoms with Crippen LogP contribution < -0.4 is 0 Å². The van der Waals surface area contributed by atoms with Gasteiger partial charge in [-0.15, -0.1) is 0 Å². The Labute approximate surface area is 114 Å². The topological polar surface area (TPSA) is 42.9 Å². The highest BCUT2D eigenvalue weighted by Crippen LogP contribution is 2.32. The van der Waals surface area contributed by atoms with E-state index in [1.54, 1.807) is 6.07 Å². The summed E-state index contributed by atoms with van der Waals surface area (Å²) >= 11 is 3.08. The normalized spacial score (nSPS) is 11.4. The summed E-state index contributed by atoms with van der Waals surface area (Å²) in [6, 6.07) is 3.86. The molecule has 0 fully saturated rings. The second kappa shape index (κ2) is 5.08. The fraction of sp³-hybridized carbons (Fsp3) is 0.0833. The van der Waals surface area contributed by atoms with Gasteiger partial charge in [-0.1, -0.05) is 0 Å². The fourth-order valence-corrected chi connectivity index (χ4v) is 1.94. The van der Waals surface area contributed by atoms with Gasteiger partial charge < -0.3 is 0 Å². The average Bonchev–Trinajstić information content (AvgIpc) is 2.37. The van der Waals surface area contributed by atoms with Gasteiger partial charge in [0.1, 0.15) is 5.69 Å². The number of hydrogen-bond donors (Lipinski definition) is 0. The molecule has 0 amide bonds. The molecule has 3 nitrogen and oxygen atoms in total. The molecule has 7 heteroatoms. The monoisotopic (exact) mass is 330 g/mol. The van der Waals surface area contributed by atoms with Crippen LogP contribution in [0.15, 0.2) is 41.3 Å². The number of halogens is 4. The Bertz CT molecular complexity index is 628. The Hall–Kier alpha value is -1.76. The summed E-state index contributed by atoms with van der Waals surface area (Å²) in [5.41, 5.74) is -1.62. The Balaban J connectivity index is 2.55. The van der Waals surface area contributed by atoms with Gasteiger partial charge in [0.05, 0.1) is 11.1 Å². The maximum absolute atomic E-state index is 12.8. The summed E-state index contributed by atoms with van der Waals surface area (Å²) in [6.45, 7) is 0. The first-order valence-corrected chi connectivity index (χ1v) is 5.87. The minimum absolute atomic E-state index is 0.0824. The second-order valence-corrected chi connectivity index (χ2v) is 4.44. The van der Waals surface area contributed by atoms with Crippen molar-refractivity contribution in [2.75, 3.05) is 0 Å². The van der Waals surface area contributed by atoms with Crippen LogP contribution in [-0.4, -0.2) is 15.8 Å². The number of ketones is 1. The summed E-state index contributed by atoms with van der Waals surface area (Å²) in [4.78, 5) is 19.5. The predicted octanol–water partition coefficient (Wildman–Crippen LogP) is 3.49. The van der Waals surface area contributed by atoms with Crippen molar-refractivity contribution in [1.82, 2.24) is 9.97 Å². The first-order chi connectivity index (χ1) is 8.91. The molecule has 0 saturated heterocycles. The number of pyridine rings is 2. The number of alkyl halides is 3. The van der Waals surface area contributed by atoms with Crippen LogP contribution in [0.1, 0.15) is 21.6 Å². The number of nitrogens with zero attached hydrogens (tertiary/aromatic N) is 2. The highest BCUT2D eigenvalue weighted by atomic mass is 79.9. The molecule has 0 aliphatic carbocycles. The van der Waals surface area contributed by atoms with Crippen molar-refractivity contribution < 1.29 is 18.0 Å². The lowest BCUT2D eigenvalue weighted by atomic mass is 10.0. The number of carbonyl (C=O) groups is 1. The number of aromatic nitrogens is 2. The van der Waals surface area contributed by atoms with Crippen LogP contribution in [0.3, 0.4) is 0 Å². The summed E-state index contributed by atoms with van der Waals surface area (Å²) in [6.07, 6.45) is -1.39. The van der Waals surface area contributed by atoms with E-state index in [-0.39, 0.29) is 5.69 Å². The molecular formula is C12H6BrF3N2O. The van der Waals surface area contributed by atoms with Crippen molar-refractivity contribution >= 4 is 21.7 Å². The van der Waals surface area contributed by atoms with Gasteiger partial charge in [0, 0.05) is 23.1 Å². The van der Waals surface area contributed by atoms with Gasteiger partial charge in [0.25, 0.3) is 0 Å². The molecule has 2 aromatic rings. The van der Waals surface area contributed by atoms with E-state index in [1.165, 1.54) is 12.3 Å². The molecule has 0 aliphatic rings. The van der Waals surface area contributed by atoms with Crippen molar-refractivity contribution in [3.8, 4) is 0 Å². The van der Waals surface area contributed by atoms with Crippen LogP contribution in [0.2, 0.25) is 0 Å². The molecule has 2 rings (SSSR count). The number of carbonyl (C=O) groups excluding carboxylic acids is 1. The van der Waals surface area contributed by atoms with Crippen molar-refractivity contribution in [2.45, 2.75) is 6.18 Å². The summed E-state index contributed by atoms with van der Waals surface area (Å²) in [7, 11) is 0. The molecule has 2 heterocycles. The van der Waals surface area contributed by atoms with E-state index in [4.69, 9.17) is 0 Å². The highest BCUT2D eigenvalue weighted by molar-refractivity contribution is 9.10. The summed E-state index contributed by atoms with van der Waals surface area (Å²) in [5, 5.41) is 0. The average molecular weight is 331 g/mol. The lowest BCUT2D eigenvalue weighted by Crippen LogP contribution is -2.15. The molecule has 0 atom stereocenters. The van der Waals surface area contributed by atoms with Crippen molar-refractivity contribution in [3.05, 3.63) is 58.1 Å². The predicted molar refractivity (Wildman–Crippen MR) is 64.6 cm³/mol. The standard InChI is InChI=1S/C12H6BrF3N2O/c13-9-2-1-4-18-10(9)11(19)7-6-17-5-3-8(7)12(14,15)16/h1-6H. The fourth-order valence-electron chi connectivity index (χ4n) is 1.50. The Morgan fingerprint density at radius 2 is 1.95 bits per heavy atom. The summed E-state index contributed by atoms with van der Waals surface area (Å²) in [5.74, 6) is -0.826. The zero-order valence-corrected chi connectivity index (χ0v) is 10.9. The zero-order chi connectivity index (χ0) is 14.0. The van der Waals surface area contributed by atoms with Crippen LogP contribution >= 0.6 is 15.9 Å². The molecule has 0 aliphatic heterocycles. The maximum atomic E-state index is 12.8. The Morgan fingerprint density at radius 3 is 2.58 bits per heavy atom. The van der Waals surface area contributed by atoms with Crippen LogP contribution in [-0.2, 0) is 6.18 Å². The van der Waals surface area contributed by atoms with E-state index < -0.39 is 23.1 Å². The lowest BCUT2D eigenvalue weighted by Gasteiger charge is -2.11. The highest BCUT2D eigenvalue weighted by Gasteiger charge is 2.35. The second-order valence-electron chi connectivity index (χ2n) is 3.58. The van der Waals surface area contributed by atoms with E-state index in [1.807, 2.05) is 0 Å². The minimum Gasteiger partial charge on any atom is -0.287 e. The smallest absolute Gasteiger partial charge is 0.287 e. The lowest BCUT2D eigenvalue weighted by molar-refractivity contribution is -0.137. The van der Waals surface area contributed by atoms with Gasteiger partial charge in [-0.25, -0.2) is 0 Å². The van der Waals surface area contributed by atoms with E-state index in [9.17, 15) is 18.0 Å². The van der Waals surface area contributed by atoms with E-state index in [0.29, 0.717) is 4.47 Å². The van der Waals surface area contributed by atoms with Crippen molar-refractivity contribution in [3.63, 3.8) is 0 Å². The Morgan fingerprint density at radius 1 is 1.21 bits per heavy atom. The third-order valence-electron chi connectivity index (χ3n) is 2.34.